The fourth-order valence-electron chi connectivity index (χ4n) is 2.18. The highest BCUT2D eigenvalue weighted by atomic mass is 14.7. The minimum absolute atomic E-state index is 0. The average molecular weight is 269 g/mol. The van der Waals surface area contributed by atoms with Crippen LogP contribution in [0.3, 0.4) is 0 Å². The minimum atomic E-state index is 0. The molecule has 1 N–H and O–H groups in total. The molecule has 3 aromatic rings. The van der Waals surface area contributed by atoms with Crippen molar-refractivity contribution in [1.29, 1.82) is 0 Å². The number of H-pyrrole nitrogens is 1. The van der Waals surface area contributed by atoms with E-state index in [0.29, 0.717) is 0 Å². The van der Waals surface area contributed by atoms with Gasteiger partial charge in [-0.2, -0.15) is 0 Å². The monoisotopic (exact) mass is 269 g/mol. The molecule has 0 fully saturated rings. The molecule has 1 heterocycles. The lowest BCUT2D eigenvalue weighted by molar-refractivity contribution is 1.41. The maximum atomic E-state index is 3.48. The molecule has 0 radical (unpaired) electrons. The van der Waals surface area contributed by atoms with Crippen molar-refractivity contribution in [2.24, 2.45) is 0 Å². The third kappa shape index (κ3) is 3.30. The summed E-state index contributed by atoms with van der Waals surface area (Å²) in [7, 11) is 0. The number of benzene rings is 2. The number of aromatic amines is 1. The molecule has 0 amide bonds. The highest BCUT2D eigenvalue weighted by Crippen LogP contribution is 2.28. The number of hydrogen-bond acceptors (Lipinski definition) is 0. The van der Waals surface area contributed by atoms with Gasteiger partial charge in [-0.3, -0.25) is 0 Å². The first-order chi connectivity index (χ1) is 9.86. The molecule has 0 aliphatic carbocycles. The fourth-order valence-corrected chi connectivity index (χ4v) is 2.18. The standard InChI is InChI=1S/C15H13N.2C2H6.H2/c1-11-13-9-5-6-10-14(13)16-15(11)12-7-3-2-4-8-12;2*1-2;/h2-10,16H,1H3;2*1-2H3;1H. The molecule has 0 aliphatic rings. The highest BCUT2D eigenvalue weighted by molar-refractivity contribution is 5.90. The third-order valence-corrected chi connectivity index (χ3v) is 3.03. The summed E-state index contributed by atoms with van der Waals surface area (Å²) in [5.74, 6) is 0. The van der Waals surface area contributed by atoms with Gasteiger partial charge in [0.25, 0.3) is 0 Å². The number of nitrogens with one attached hydrogen (secondary N) is 1. The largest absolute Gasteiger partial charge is 0.354 e. The first-order valence-electron chi connectivity index (χ1n) is 7.49. The highest BCUT2D eigenvalue weighted by Gasteiger charge is 2.07. The normalized spacial score (nSPS) is 9.25. The van der Waals surface area contributed by atoms with Crippen molar-refractivity contribution >= 4 is 10.9 Å². The van der Waals surface area contributed by atoms with E-state index in [-0.39, 0.29) is 1.43 Å². The molecule has 1 heteroatoms. The van der Waals surface area contributed by atoms with Crippen LogP contribution >= 0.6 is 0 Å². The Balaban J connectivity index is 0.000000741. The zero-order chi connectivity index (χ0) is 15.0. The molecule has 1 nitrogen and oxygen atoms in total. The number of aromatic nitrogens is 1. The van der Waals surface area contributed by atoms with Gasteiger partial charge in [0.15, 0.2) is 0 Å². The molecule has 0 saturated carbocycles. The predicted octanol–water partition coefficient (Wildman–Crippen LogP) is 6.44. The van der Waals surface area contributed by atoms with Gasteiger partial charge in [0.2, 0.25) is 0 Å². The molecule has 2 aromatic carbocycles. The number of para-hydroxylation sites is 1. The van der Waals surface area contributed by atoms with Crippen LogP contribution in [0.2, 0.25) is 0 Å². The van der Waals surface area contributed by atoms with Crippen LogP contribution in [-0.2, 0) is 0 Å². The Morgan fingerprint density at radius 3 is 1.90 bits per heavy atom. The van der Waals surface area contributed by atoms with E-state index in [1.165, 1.54) is 27.7 Å². The van der Waals surface area contributed by atoms with E-state index in [0.717, 1.165) is 0 Å². The van der Waals surface area contributed by atoms with Crippen molar-refractivity contribution < 1.29 is 1.43 Å². The smallest absolute Gasteiger partial charge is 0.0494 e. The maximum absolute atomic E-state index is 3.48. The van der Waals surface area contributed by atoms with Gasteiger partial charge in [0.05, 0.1) is 0 Å². The lowest BCUT2D eigenvalue weighted by atomic mass is 10.1. The summed E-state index contributed by atoms with van der Waals surface area (Å²) in [6.07, 6.45) is 0. The van der Waals surface area contributed by atoms with Gasteiger partial charge in [0, 0.05) is 18.0 Å². The van der Waals surface area contributed by atoms with Gasteiger partial charge in [-0.05, 0) is 24.1 Å². The molecule has 0 atom stereocenters. The van der Waals surface area contributed by atoms with Gasteiger partial charge in [-0.1, -0.05) is 76.2 Å². The van der Waals surface area contributed by atoms with Crippen molar-refractivity contribution in [2.45, 2.75) is 34.6 Å². The first kappa shape index (κ1) is 16.0. The molecule has 1 aromatic heterocycles. The van der Waals surface area contributed by atoms with Crippen LogP contribution in [0.1, 0.15) is 34.7 Å². The van der Waals surface area contributed by atoms with E-state index in [4.69, 9.17) is 0 Å². The van der Waals surface area contributed by atoms with Gasteiger partial charge in [0.1, 0.15) is 0 Å². The van der Waals surface area contributed by atoms with E-state index < -0.39 is 0 Å². The second-order valence-electron chi connectivity index (χ2n) is 4.04. The average Bonchev–Trinajstić information content (AvgIpc) is 2.90. The molecule has 20 heavy (non-hydrogen) atoms. The number of aryl methyl sites for hydroxylation is 1. The zero-order valence-electron chi connectivity index (χ0n) is 13.2. The number of rotatable bonds is 1. The topological polar surface area (TPSA) is 15.8 Å². The van der Waals surface area contributed by atoms with Crippen LogP contribution in [0, 0.1) is 6.92 Å². The van der Waals surface area contributed by atoms with Crippen LogP contribution in [0.15, 0.2) is 54.6 Å². The Morgan fingerprint density at radius 2 is 1.30 bits per heavy atom. The lowest BCUT2D eigenvalue weighted by Gasteiger charge is -1.99. The van der Waals surface area contributed by atoms with Gasteiger partial charge in [-0.25, -0.2) is 0 Å². The summed E-state index contributed by atoms with van der Waals surface area (Å²) in [6, 6.07) is 18.9. The third-order valence-electron chi connectivity index (χ3n) is 3.03. The van der Waals surface area contributed by atoms with Crippen LogP contribution in [-0.4, -0.2) is 4.98 Å². The first-order valence-corrected chi connectivity index (χ1v) is 7.49. The Labute approximate surface area is 124 Å². The Morgan fingerprint density at radius 1 is 0.750 bits per heavy atom. The van der Waals surface area contributed by atoms with E-state index in [9.17, 15) is 0 Å². The Kier molecular flexibility index (Phi) is 6.58. The maximum Gasteiger partial charge on any atom is 0.0494 e. The van der Waals surface area contributed by atoms with Crippen molar-refractivity contribution in [3.05, 3.63) is 60.2 Å². The van der Waals surface area contributed by atoms with Crippen molar-refractivity contribution in [3.63, 3.8) is 0 Å². The zero-order valence-corrected chi connectivity index (χ0v) is 13.2. The van der Waals surface area contributed by atoms with E-state index >= 15 is 0 Å². The summed E-state index contributed by atoms with van der Waals surface area (Å²) in [6.45, 7) is 10.2. The molecule has 0 bridgehead atoms. The molecule has 0 aliphatic heterocycles. The Hall–Kier alpha value is -2.02. The van der Waals surface area contributed by atoms with E-state index in [2.05, 4.69) is 60.4 Å². The number of hydrogen-bond donors (Lipinski definition) is 1. The SMILES string of the molecule is CC.CC.Cc1c(-c2ccccc2)[nH]c2ccccc12.[HH]. The molecular weight excluding hydrogens is 242 g/mol. The summed E-state index contributed by atoms with van der Waals surface area (Å²) in [4.78, 5) is 3.48. The summed E-state index contributed by atoms with van der Waals surface area (Å²) in [5.41, 5.74) is 5.00. The predicted molar refractivity (Wildman–Crippen MR) is 93.3 cm³/mol. The molecular formula is C19H27N. The van der Waals surface area contributed by atoms with E-state index in [1.54, 1.807) is 0 Å². The summed E-state index contributed by atoms with van der Waals surface area (Å²) < 4.78 is 0. The molecule has 0 saturated heterocycles. The van der Waals surface area contributed by atoms with E-state index in [1.807, 2.05) is 33.8 Å². The Bertz CT molecular complexity index is 626. The fraction of sp³-hybridized carbons (Fsp3) is 0.263. The molecule has 3 rings (SSSR count). The molecule has 0 unspecified atom stereocenters. The molecule has 108 valence electrons. The number of fused-ring (bicyclic) bond motifs is 1. The second kappa shape index (κ2) is 8.21. The summed E-state index contributed by atoms with van der Waals surface area (Å²) in [5, 5.41) is 1.31. The lowest BCUT2D eigenvalue weighted by Crippen LogP contribution is -1.78. The van der Waals surface area contributed by atoms with Crippen LogP contribution in [0.4, 0.5) is 0 Å². The van der Waals surface area contributed by atoms with Gasteiger partial charge in [-0.15, -0.1) is 0 Å². The summed E-state index contributed by atoms with van der Waals surface area (Å²) >= 11 is 0. The minimum Gasteiger partial charge on any atom is -0.354 e. The van der Waals surface area contributed by atoms with Crippen molar-refractivity contribution in [3.8, 4) is 11.3 Å². The van der Waals surface area contributed by atoms with Crippen LogP contribution in [0.25, 0.3) is 22.2 Å². The second-order valence-corrected chi connectivity index (χ2v) is 4.04. The van der Waals surface area contributed by atoms with Gasteiger partial charge >= 0.3 is 0 Å². The van der Waals surface area contributed by atoms with Crippen LogP contribution < -0.4 is 0 Å². The van der Waals surface area contributed by atoms with Crippen molar-refractivity contribution in [2.75, 3.05) is 0 Å². The van der Waals surface area contributed by atoms with Crippen molar-refractivity contribution in [1.82, 2.24) is 4.98 Å². The quantitative estimate of drug-likeness (QED) is 0.523. The molecule has 0 spiro atoms. The van der Waals surface area contributed by atoms with Crippen LogP contribution in [0.5, 0.6) is 0 Å². The van der Waals surface area contributed by atoms with Gasteiger partial charge < -0.3 is 4.98 Å².